The fourth-order valence-electron chi connectivity index (χ4n) is 7.65. The van der Waals surface area contributed by atoms with Crippen LogP contribution in [0, 0.1) is 11.8 Å². The Bertz CT molecular complexity index is 2030. The second-order valence-electron chi connectivity index (χ2n) is 17.4. The molecule has 1 aliphatic heterocycles. The van der Waals surface area contributed by atoms with E-state index in [0.29, 0.717) is 30.5 Å². The van der Waals surface area contributed by atoms with E-state index in [1.165, 1.54) is 29.6 Å². The fraction of sp³-hybridized carbons (Fsp3) is 0.600. The first kappa shape index (κ1) is 55.5. The van der Waals surface area contributed by atoms with Crippen molar-refractivity contribution in [2.24, 2.45) is 28.3 Å². The maximum absolute atomic E-state index is 14.5. The molecule has 1 saturated heterocycles. The Kier molecular flexibility index (Phi) is 22.7. The summed E-state index contributed by atoms with van der Waals surface area (Å²) in [5.74, 6) is -6.60. The summed E-state index contributed by atoms with van der Waals surface area (Å²) in [5, 5.41) is 38.6. The van der Waals surface area contributed by atoms with Crippen LogP contribution in [0.3, 0.4) is 0 Å². The zero-order chi connectivity index (χ0) is 50.5. The Morgan fingerprint density at radius 2 is 1.47 bits per heavy atom. The number of hydrogen-bond acceptors (Lipinski definition) is 12. The molecular weight excluding hydrogens is 883 g/mol. The third-order valence-corrected chi connectivity index (χ3v) is 11.5. The van der Waals surface area contributed by atoms with Gasteiger partial charge in [0.25, 0.3) is 0 Å². The molecule has 2 heterocycles. The lowest BCUT2D eigenvalue weighted by atomic mass is 9.96. The van der Waals surface area contributed by atoms with Gasteiger partial charge in [-0.1, -0.05) is 53.2 Å². The van der Waals surface area contributed by atoms with E-state index in [-0.39, 0.29) is 75.8 Å². The smallest absolute Gasteiger partial charge is 0.326 e. The van der Waals surface area contributed by atoms with Crippen LogP contribution in [0.4, 0.5) is 0 Å². The molecule has 1 aromatic heterocycles. The predicted molar refractivity (Wildman–Crippen MR) is 251 cm³/mol. The normalized spacial score (nSPS) is 16.5. The van der Waals surface area contributed by atoms with Gasteiger partial charge in [-0.25, -0.2) is 9.78 Å². The van der Waals surface area contributed by atoms with E-state index in [0.717, 1.165) is 0 Å². The van der Waals surface area contributed by atoms with Crippen molar-refractivity contribution in [2.75, 3.05) is 26.7 Å². The van der Waals surface area contributed by atoms with Gasteiger partial charge in [-0.15, -0.1) is 0 Å². The number of aromatic hydroxyl groups is 1. The summed E-state index contributed by atoms with van der Waals surface area (Å²) in [6, 6.07) is -2.29. The zero-order valence-electron chi connectivity index (χ0n) is 39.8. The van der Waals surface area contributed by atoms with Crippen LogP contribution in [0.25, 0.3) is 0 Å². The number of carbonyl (C=O) groups excluding carboxylic acids is 7. The van der Waals surface area contributed by atoms with Crippen molar-refractivity contribution in [3.63, 3.8) is 0 Å². The van der Waals surface area contributed by atoms with Gasteiger partial charge in [-0.05, 0) is 75.1 Å². The average Bonchev–Trinajstić information content (AvgIpc) is 4.01. The largest absolute Gasteiger partial charge is 0.508 e. The number of hydrogen-bond donors (Lipinski definition) is 12. The highest BCUT2D eigenvalue weighted by atomic mass is 16.4. The quantitative estimate of drug-likeness (QED) is 0.0267. The number of carboxylic acid groups (broad SMARTS) is 1. The SMILES string of the molecule is CCC(C)[C@H](NC(=O)[C@H](Cc1ccc(O)cc1)NC(=O)[C@H](CC(C)C)NC(=O)[C@H](CCCN=C(N)N)NC(=O)CNC)C(=O)N[C@@H](Cc1cnc[nH]1)C(=O)N1CCC[C@H]1C(=O)N[C@H](CC)C(=O)O. The number of aliphatic imine (C=N–C) groups is 1. The minimum Gasteiger partial charge on any atom is -0.508 e. The number of imidazole rings is 1. The van der Waals surface area contributed by atoms with Crippen LogP contribution in [0.2, 0.25) is 0 Å². The van der Waals surface area contributed by atoms with E-state index in [1.807, 2.05) is 20.8 Å². The van der Waals surface area contributed by atoms with Gasteiger partial charge in [-0.2, -0.15) is 0 Å². The molecule has 0 radical (unpaired) electrons. The Morgan fingerprint density at radius 1 is 0.824 bits per heavy atom. The fourth-order valence-corrected chi connectivity index (χ4v) is 7.65. The highest BCUT2D eigenvalue weighted by Gasteiger charge is 2.40. The van der Waals surface area contributed by atoms with Crippen LogP contribution in [0.1, 0.15) is 90.8 Å². The third-order valence-electron chi connectivity index (χ3n) is 11.5. The Labute approximate surface area is 396 Å². The number of carbonyl (C=O) groups is 8. The number of benzene rings is 1. The molecule has 0 aliphatic carbocycles. The number of nitrogens with two attached hydrogens (primary N) is 2. The summed E-state index contributed by atoms with van der Waals surface area (Å²) in [4.78, 5) is 121. The molecule has 1 fully saturated rings. The standard InChI is InChI=1S/C45H71N13O10/c1-7-26(5)37(42(65)56-34(21-28-22-49-24-51-28)43(66)58-18-10-12-35(58)41(64)53-30(8-2)44(67)68)57-40(63)33(20-27-13-15-29(59)16-14-27)55-39(62)32(19-25(3)4)54-38(61)31(52-36(60)23-48-6)11-9-17-50-45(46)47/h13-16,22,24-26,30-35,37,48,59H,7-12,17-21,23H2,1-6H3,(H,49,51)(H,52,60)(H,53,64)(H,54,61)(H,55,62)(H,56,65)(H,57,63)(H,67,68)(H4,46,47,50)/t26?,30-,31+,32+,33+,34+,35+,37+/m1/s1. The van der Waals surface area contributed by atoms with Gasteiger partial charge < -0.3 is 68.8 Å². The number of aromatic nitrogens is 2. The van der Waals surface area contributed by atoms with Crippen LogP contribution < -0.4 is 48.7 Å². The van der Waals surface area contributed by atoms with Crippen LogP contribution in [0.5, 0.6) is 5.75 Å². The summed E-state index contributed by atoms with van der Waals surface area (Å²) in [7, 11) is 1.57. The molecule has 2 aromatic rings. The number of amides is 7. The molecule has 8 atom stereocenters. The van der Waals surface area contributed by atoms with Crippen molar-refractivity contribution >= 4 is 53.3 Å². The molecule has 23 heteroatoms. The van der Waals surface area contributed by atoms with E-state index >= 15 is 0 Å². The maximum atomic E-state index is 14.5. The lowest BCUT2D eigenvalue weighted by molar-refractivity contribution is -0.145. The maximum Gasteiger partial charge on any atom is 0.326 e. The number of phenolic OH excluding ortho intramolecular Hbond substituents is 1. The Morgan fingerprint density at radius 3 is 2.06 bits per heavy atom. The number of aromatic amines is 1. The third kappa shape index (κ3) is 17.8. The number of likely N-dealkylation sites (tertiary alicyclic amines) is 1. The molecule has 23 nitrogen and oxygen atoms in total. The second kappa shape index (κ2) is 27.8. The highest BCUT2D eigenvalue weighted by molar-refractivity contribution is 5.98. The van der Waals surface area contributed by atoms with E-state index < -0.39 is 95.5 Å². The number of nitrogens with zero attached hydrogens (tertiary/aromatic N) is 3. The molecule has 0 saturated carbocycles. The van der Waals surface area contributed by atoms with Crippen molar-refractivity contribution in [1.29, 1.82) is 0 Å². The number of nitrogens with one attached hydrogen (secondary N) is 8. The molecular formula is C45H71N13O10. The number of likely N-dealkylation sites (N-methyl/N-ethyl adjacent to an activating group) is 1. The number of rotatable bonds is 28. The van der Waals surface area contributed by atoms with E-state index in [9.17, 15) is 48.6 Å². The monoisotopic (exact) mass is 954 g/mol. The van der Waals surface area contributed by atoms with Crippen LogP contribution in [-0.2, 0) is 51.2 Å². The van der Waals surface area contributed by atoms with Crippen LogP contribution in [0.15, 0.2) is 41.8 Å². The highest BCUT2D eigenvalue weighted by Crippen LogP contribution is 2.21. The van der Waals surface area contributed by atoms with E-state index in [2.05, 4.69) is 52.2 Å². The number of phenols is 1. The zero-order valence-corrected chi connectivity index (χ0v) is 39.8. The van der Waals surface area contributed by atoms with Crippen molar-refractivity contribution in [3.8, 4) is 5.75 Å². The molecule has 1 aromatic carbocycles. The molecule has 0 bridgehead atoms. The summed E-state index contributed by atoms with van der Waals surface area (Å²) in [6.07, 6.45) is 4.54. The molecule has 7 amide bonds. The number of H-pyrrole nitrogens is 1. The number of guanidine groups is 1. The van der Waals surface area contributed by atoms with Gasteiger partial charge in [0.1, 0.15) is 48.0 Å². The summed E-state index contributed by atoms with van der Waals surface area (Å²) in [6.45, 7) is 9.11. The molecule has 376 valence electrons. The molecule has 68 heavy (non-hydrogen) atoms. The van der Waals surface area contributed by atoms with Gasteiger partial charge in [0.05, 0.1) is 12.9 Å². The van der Waals surface area contributed by atoms with Crippen molar-refractivity contribution in [3.05, 3.63) is 48.0 Å². The molecule has 1 aliphatic rings. The molecule has 14 N–H and O–H groups in total. The van der Waals surface area contributed by atoms with Gasteiger partial charge in [0.2, 0.25) is 41.4 Å². The van der Waals surface area contributed by atoms with Crippen LogP contribution >= 0.6 is 0 Å². The Hall–Kier alpha value is -6.78. The first-order valence-corrected chi connectivity index (χ1v) is 23.1. The second-order valence-corrected chi connectivity index (χ2v) is 17.4. The minimum atomic E-state index is -1.34. The van der Waals surface area contributed by atoms with Gasteiger partial charge in [-0.3, -0.25) is 38.6 Å². The van der Waals surface area contributed by atoms with Crippen molar-refractivity contribution < 1.29 is 48.6 Å². The lowest BCUT2D eigenvalue weighted by Gasteiger charge is -2.32. The number of carboxylic acids is 1. The summed E-state index contributed by atoms with van der Waals surface area (Å²) in [5.41, 5.74) is 11.9. The minimum absolute atomic E-state index is 0.0350. The first-order valence-electron chi connectivity index (χ1n) is 23.1. The Balaban J connectivity index is 1.93. The van der Waals surface area contributed by atoms with E-state index in [1.54, 1.807) is 33.0 Å². The van der Waals surface area contributed by atoms with Gasteiger partial charge >= 0.3 is 5.97 Å². The number of aliphatic carboxylic acids is 1. The van der Waals surface area contributed by atoms with Gasteiger partial charge in [0, 0.05) is 37.8 Å². The van der Waals surface area contributed by atoms with Crippen LogP contribution in [-0.4, -0.2) is 147 Å². The van der Waals surface area contributed by atoms with E-state index in [4.69, 9.17) is 11.5 Å². The van der Waals surface area contributed by atoms with Crippen molar-refractivity contribution in [2.45, 2.75) is 135 Å². The molecule has 3 rings (SSSR count). The molecule has 0 spiro atoms. The summed E-state index contributed by atoms with van der Waals surface area (Å²) < 4.78 is 0. The predicted octanol–water partition coefficient (Wildman–Crippen LogP) is -1.34. The van der Waals surface area contributed by atoms with Gasteiger partial charge in [0.15, 0.2) is 5.96 Å². The first-order chi connectivity index (χ1) is 32.3. The lowest BCUT2D eigenvalue weighted by Crippen LogP contribution is -2.61. The summed E-state index contributed by atoms with van der Waals surface area (Å²) >= 11 is 0. The topological polar surface area (TPSA) is 358 Å². The average molecular weight is 954 g/mol. The molecule has 1 unspecified atom stereocenters. The van der Waals surface area contributed by atoms with Crippen molar-refractivity contribution in [1.82, 2.24) is 52.1 Å².